The third kappa shape index (κ3) is 5.13. The highest BCUT2D eigenvalue weighted by atomic mass is 32.2. The zero-order chi connectivity index (χ0) is 23.7. The zero-order valence-electron chi connectivity index (χ0n) is 18.9. The van der Waals surface area contributed by atoms with Crippen molar-refractivity contribution in [1.29, 1.82) is 0 Å². The lowest BCUT2D eigenvalue weighted by atomic mass is 10.2. The van der Waals surface area contributed by atoms with E-state index < -0.39 is 10.0 Å². The highest BCUT2D eigenvalue weighted by Crippen LogP contribution is 2.27. The van der Waals surface area contributed by atoms with E-state index in [-0.39, 0.29) is 6.10 Å². The smallest absolute Gasteiger partial charge is 0.230 e. The van der Waals surface area contributed by atoms with Crippen molar-refractivity contribution in [2.75, 3.05) is 24.7 Å². The highest BCUT2D eigenvalue weighted by Gasteiger charge is 2.29. The number of nitrogens with zero attached hydrogens (tertiary/aromatic N) is 3. The van der Waals surface area contributed by atoms with E-state index >= 15 is 0 Å². The number of nitrogens with one attached hydrogen (secondary N) is 2. The van der Waals surface area contributed by atoms with E-state index in [1.807, 2.05) is 49.4 Å². The van der Waals surface area contributed by atoms with Gasteiger partial charge in [0.2, 0.25) is 21.9 Å². The summed E-state index contributed by atoms with van der Waals surface area (Å²) in [6.45, 7) is 2.84. The predicted octanol–water partition coefficient (Wildman–Crippen LogP) is 4.21. The average molecular weight is 480 g/mol. The van der Waals surface area contributed by atoms with Crippen LogP contribution in [0.5, 0.6) is 17.4 Å². The second kappa shape index (κ2) is 8.96. The molecular weight excluding hydrogens is 454 g/mol. The van der Waals surface area contributed by atoms with Crippen molar-refractivity contribution < 1.29 is 17.9 Å². The summed E-state index contributed by atoms with van der Waals surface area (Å²) in [5.74, 6) is 2.14. The topological polar surface area (TPSA) is 109 Å². The fourth-order valence-electron chi connectivity index (χ4n) is 3.96. The summed E-state index contributed by atoms with van der Waals surface area (Å²) in [6.07, 6.45) is 3.32. The van der Waals surface area contributed by atoms with Crippen molar-refractivity contribution >= 4 is 32.6 Å². The van der Waals surface area contributed by atoms with Gasteiger partial charge in [0, 0.05) is 47.2 Å². The molecule has 0 bridgehead atoms. The largest absolute Gasteiger partial charge is 0.489 e. The summed E-state index contributed by atoms with van der Waals surface area (Å²) in [5.41, 5.74) is 2.89. The number of aromatic amines is 1. The molecule has 0 amide bonds. The van der Waals surface area contributed by atoms with Gasteiger partial charge in [-0.3, -0.25) is 0 Å². The quantitative estimate of drug-likeness (QED) is 0.408. The van der Waals surface area contributed by atoms with Crippen LogP contribution in [-0.2, 0) is 10.0 Å². The number of hydrogen-bond donors (Lipinski definition) is 2. The first-order chi connectivity index (χ1) is 16.3. The molecule has 5 rings (SSSR count). The Morgan fingerprint density at radius 3 is 2.82 bits per heavy atom. The Morgan fingerprint density at radius 2 is 2.00 bits per heavy atom. The van der Waals surface area contributed by atoms with Gasteiger partial charge < -0.3 is 19.8 Å². The minimum absolute atomic E-state index is 0.181. The number of sulfonamides is 1. The van der Waals surface area contributed by atoms with E-state index in [0.29, 0.717) is 42.8 Å². The third-order valence-corrected chi connectivity index (χ3v) is 6.82. The molecule has 1 aliphatic heterocycles. The van der Waals surface area contributed by atoms with Crippen LogP contribution in [0.2, 0.25) is 0 Å². The molecule has 1 fully saturated rings. The molecule has 9 nitrogen and oxygen atoms in total. The number of H-pyrrole nitrogens is 1. The fourth-order valence-corrected chi connectivity index (χ4v) is 4.84. The molecule has 34 heavy (non-hydrogen) atoms. The van der Waals surface area contributed by atoms with Crippen LogP contribution in [0.3, 0.4) is 0 Å². The molecule has 0 unspecified atom stereocenters. The van der Waals surface area contributed by atoms with Crippen molar-refractivity contribution in [2.24, 2.45) is 0 Å². The summed E-state index contributed by atoms with van der Waals surface area (Å²) in [4.78, 5) is 12.0. The first-order valence-electron chi connectivity index (χ1n) is 10.9. The van der Waals surface area contributed by atoms with Crippen LogP contribution in [0.15, 0.2) is 60.8 Å². The van der Waals surface area contributed by atoms with Crippen LogP contribution < -0.4 is 14.8 Å². The van der Waals surface area contributed by atoms with Crippen LogP contribution in [0, 0.1) is 6.92 Å². The number of fused-ring (bicyclic) bond motifs is 1. The SMILES string of the molecule is Cc1cc2cc(Oc3ccnc(Nc4cccc(O[C@H]5CCN(S(C)(=O)=O)C5)c4)n3)ccc2[nH]1. The normalized spacial score (nSPS) is 16.6. The maximum absolute atomic E-state index is 11.7. The molecule has 0 radical (unpaired) electrons. The molecule has 0 saturated carbocycles. The molecule has 10 heteroatoms. The third-order valence-electron chi connectivity index (χ3n) is 5.55. The summed E-state index contributed by atoms with van der Waals surface area (Å²) < 4.78 is 36.8. The molecule has 0 aliphatic carbocycles. The van der Waals surface area contributed by atoms with Crippen LogP contribution >= 0.6 is 0 Å². The Labute approximate surface area is 197 Å². The van der Waals surface area contributed by atoms with Crippen LogP contribution in [0.1, 0.15) is 12.1 Å². The Morgan fingerprint density at radius 1 is 1.12 bits per heavy atom. The van der Waals surface area contributed by atoms with E-state index in [2.05, 4.69) is 26.3 Å². The number of rotatable bonds is 7. The number of aromatic nitrogens is 3. The van der Waals surface area contributed by atoms with Crippen LogP contribution in [-0.4, -0.2) is 53.1 Å². The van der Waals surface area contributed by atoms with Gasteiger partial charge >= 0.3 is 0 Å². The van der Waals surface area contributed by atoms with Gasteiger partial charge in [-0.2, -0.15) is 9.29 Å². The molecule has 2 aromatic heterocycles. The molecular formula is C24H25N5O4S. The van der Waals surface area contributed by atoms with Gasteiger partial charge in [0.25, 0.3) is 0 Å². The van der Waals surface area contributed by atoms with E-state index in [1.165, 1.54) is 10.6 Å². The van der Waals surface area contributed by atoms with Gasteiger partial charge in [-0.25, -0.2) is 13.4 Å². The van der Waals surface area contributed by atoms with Crippen molar-refractivity contribution in [2.45, 2.75) is 19.4 Å². The summed E-state index contributed by atoms with van der Waals surface area (Å²) >= 11 is 0. The summed E-state index contributed by atoms with van der Waals surface area (Å²) in [6, 6.07) is 17.0. The molecule has 0 spiro atoms. The number of ether oxygens (including phenoxy) is 2. The molecule has 3 heterocycles. The van der Waals surface area contributed by atoms with Gasteiger partial charge in [-0.1, -0.05) is 6.07 Å². The number of anilines is 2. The molecule has 4 aromatic rings. The minimum atomic E-state index is -3.20. The first-order valence-corrected chi connectivity index (χ1v) is 12.8. The van der Waals surface area contributed by atoms with E-state index in [0.717, 1.165) is 22.3 Å². The maximum Gasteiger partial charge on any atom is 0.230 e. The molecule has 176 valence electrons. The summed E-state index contributed by atoms with van der Waals surface area (Å²) in [5, 5.41) is 4.24. The van der Waals surface area contributed by atoms with Gasteiger partial charge in [0.1, 0.15) is 17.6 Å². The summed E-state index contributed by atoms with van der Waals surface area (Å²) in [7, 11) is -3.20. The molecule has 2 aromatic carbocycles. The average Bonchev–Trinajstić information content (AvgIpc) is 3.40. The lowest BCUT2D eigenvalue weighted by molar-refractivity contribution is 0.216. The van der Waals surface area contributed by atoms with Crippen molar-refractivity contribution in [3.05, 3.63) is 66.5 Å². The number of hydrogen-bond acceptors (Lipinski definition) is 7. The fraction of sp³-hybridized carbons (Fsp3) is 0.250. The van der Waals surface area contributed by atoms with E-state index in [9.17, 15) is 8.42 Å². The van der Waals surface area contributed by atoms with Crippen molar-refractivity contribution in [3.8, 4) is 17.4 Å². The second-order valence-electron chi connectivity index (χ2n) is 8.32. The van der Waals surface area contributed by atoms with Crippen LogP contribution in [0.25, 0.3) is 10.9 Å². The predicted molar refractivity (Wildman–Crippen MR) is 130 cm³/mol. The Balaban J connectivity index is 1.25. The Bertz CT molecular complexity index is 1440. The standard InChI is InChI=1S/C24H25N5O4S/c1-16-12-17-13-20(6-7-22(17)26-16)33-23-8-10-25-24(28-23)27-18-4-3-5-19(14-18)32-21-9-11-29(15-21)34(2,30)31/h3-8,10,12-14,21,26H,9,11,15H2,1-2H3,(H,25,27,28)/t21-/m0/s1. The van der Waals surface area contributed by atoms with Gasteiger partial charge in [-0.05, 0) is 49.7 Å². The minimum Gasteiger partial charge on any atom is -0.489 e. The van der Waals surface area contributed by atoms with E-state index in [4.69, 9.17) is 9.47 Å². The molecule has 1 aliphatic rings. The van der Waals surface area contributed by atoms with Gasteiger partial charge in [-0.15, -0.1) is 0 Å². The highest BCUT2D eigenvalue weighted by molar-refractivity contribution is 7.88. The lowest BCUT2D eigenvalue weighted by Gasteiger charge is -2.16. The van der Waals surface area contributed by atoms with Crippen molar-refractivity contribution in [1.82, 2.24) is 19.3 Å². The lowest BCUT2D eigenvalue weighted by Crippen LogP contribution is -2.29. The maximum atomic E-state index is 11.7. The number of benzene rings is 2. The Kier molecular flexibility index (Phi) is 5.84. The molecule has 1 atom stereocenters. The van der Waals surface area contributed by atoms with E-state index in [1.54, 1.807) is 12.3 Å². The second-order valence-corrected chi connectivity index (χ2v) is 10.3. The van der Waals surface area contributed by atoms with Gasteiger partial charge in [0.15, 0.2) is 0 Å². The molecule has 2 N–H and O–H groups in total. The monoisotopic (exact) mass is 479 g/mol. The molecule has 1 saturated heterocycles. The zero-order valence-corrected chi connectivity index (χ0v) is 19.7. The van der Waals surface area contributed by atoms with Crippen molar-refractivity contribution in [3.63, 3.8) is 0 Å². The van der Waals surface area contributed by atoms with Crippen LogP contribution in [0.4, 0.5) is 11.6 Å². The first kappa shape index (κ1) is 22.2. The Hall–Kier alpha value is -3.63. The number of aryl methyl sites for hydroxylation is 1. The van der Waals surface area contributed by atoms with Gasteiger partial charge in [0.05, 0.1) is 12.8 Å².